The Morgan fingerprint density at radius 3 is 2.86 bits per heavy atom. The van der Waals surface area contributed by atoms with Crippen LogP contribution in [0, 0.1) is 0 Å². The van der Waals surface area contributed by atoms with Gasteiger partial charge in [-0.25, -0.2) is 0 Å². The summed E-state index contributed by atoms with van der Waals surface area (Å²) in [5.74, 6) is 0. The number of thiophene rings is 1. The fourth-order valence-electron chi connectivity index (χ4n) is 2.51. The first-order valence-electron chi connectivity index (χ1n) is 7.10. The molecule has 0 fully saturated rings. The largest absolute Gasteiger partial charge is 0.305 e. The number of nitrogens with zero attached hydrogens (tertiary/aromatic N) is 1. The zero-order valence-electron chi connectivity index (χ0n) is 11.8. The lowest BCUT2D eigenvalue weighted by molar-refractivity contribution is 0.590. The van der Waals surface area contributed by atoms with Gasteiger partial charge in [-0.1, -0.05) is 31.2 Å². The van der Waals surface area contributed by atoms with Crippen LogP contribution in [0.5, 0.6) is 0 Å². The molecule has 4 heteroatoms. The molecule has 0 spiro atoms. The molecule has 108 valence electrons. The topological polar surface area (TPSA) is 24.9 Å². The predicted molar refractivity (Wildman–Crippen MR) is 93.9 cm³/mol. The molecule has 2 nitrogen and oxygen atoms in total. The highest BCUT2D eigenvalue weighted by Crippen LogP contribution is 2.33. The van der Waals surface area contributed by atoms with E-state index in [0.717, 1.165) is 23.1 Å². The Morgan fingerprint density at radius 1 is 1.24 bits per heavy atom. The number of hydrogen-bond donors (Lipinski definition) is 1. The van der Waals surface area contributed by atoms with E-state index in [1.54, 1.807) is 11.3 Å². The second-order valence-electron chi connectivity index (χ2n) is 4.98. The van der Waals surface area contributed by atoms with Gasteiger partial charge in [0.15, 0.2) is 0 Å². The molecule has 0 radical (unpaired) electrons. The molecule has 2 aromatic heterocycles. The SMILES string of the molecule is CCCNC(c1cscc1Br)c1nccc2ccccc12. The average molecular weight is 361 g/mol. The smallest absolute Gasteiger partial charge is 0.0776 e. The van der Waals surface area contributed by atoms with Crippen molar-refractivity contribution in [2.75, 3.05) is 6.54 Å². The third-order valence-corrected chi connectivity index (χ3v) is 5.28. The predicted octanol–water partition coefficient (Wildman–Crippen LogP) is 5.15. The molecular weight excluding hydrogens is 344 g/mol. The Morgan fingerprint density at radius 2 is 2.10 bits per heavy atom. The molecule has 0 amide bonds. The molecule has 0 aliphatic heterocycles. The van der Waals surface area contributed by atoms with E-state index in [9.17, 15) is 0 Å². The molecule has 1 atom stereocenters. The number of benzene rings is 1. The molecule has 1 aromatic carbocycles. The van der Waals surface area contributed by atoms with Crippen LogP contribution in [0.1, 0.15) is 30.6 Å². The first kappa shape index (κ1) is 14.7. The van der Waals surface area contributed by atoms with Gasteiger partial charge in [0.2, 0.25) is 0 Å². The second-order valence-corrected chi connectivity index (χ2v) is 6.58. The van der Waals surface area contributed by atoms with Crippen LogP contribution >= 0.6 is 27.3 Å². The van der Waals surface area contributed by atoms with Gasteiger partial charge < -0.3 is 5.32 Å². The van der Waals surface area contributed by atoms with Crippen molar-refractivity contribution in [2.45, 2.75) is 19.4 Å². The van der Waals surface area contributed by atoms with Crippen LogP contribution in [-0.4, -0.2) is 11.5 Å². The molecule has 0 aliphatic carbocycles. The second kappa shape index (κ2) is 6.69. The molecule has 2 heterocycles. The zero-order chi connectivity index (χ0) is 14.7. The number of fused-ring (bicyclic) bond motifs is 1. The lowest BCUT2D eigenvalue weighted by Gasteiger charge is -2.19. The first-order valence-corrected chi connectivity index (χ1v) is 8.83. The minimum Gasteiger partial charge on any atom is -0.305 e. The number of nitrogens with one attached hydrogen (secondary N) is 1. The lowest BCUT2D eigenvalue weighted by Crippen LogP contribution is -2.24. The highest BCUT2D eigenvalue weighted by Gasteiger charge is 2.20. The van der Waals surface area contributed by atoms with Gasteiger partial charge in [-0.15, -0.1) is 0 Å². The van der Waals surface area contributed by atoms with E-state index in [4.69, 9.17) is 0 Å². The average Bonchev–Trinajstić information content (AvgIpc) is 2.94. The monoisotopic (exact) mass is 360 g/mol. The third kappa shape index (κ3) is 3.03. The van der Waals surface area contributed by atoms with Crippen molar-refractivity contribution in [2.24, 2.45) is 0 Å². The van der Waals surface area contributed by atoms with E-state index in [1.807, 2.05) is 6.20 Å². The van der Waals surface area contributed by atoms with Gasteiger partial charge in [-0.05, 0) is 45.7 Å². The van der Waals surface area contributed by atoms with Gasteiger partial charge >= 0.3 is 0 Å². The Labute approximate surface area is 137 Å². The van der Waals surface area contributed by atoms with Crippen molar-refractivity contribution < 1.29 is 0 Å². The summed E-state index contributed by atoms with van der Waals surface area (Å²) >= 11 is 5.38. The van der Waals surface area contributed by atoms with Crippen LogP contribution in [0.25, 0.3) is 10.8 Å². The van der Waals surface area contributed by atoms with Crippen LogP contribution < -0.4 is 5.32 Å². The van der Waals surface area contributed by atoms with Crippen molar-refractivity contribution in [3.63, 3.8) is 0 Å². The van der Waals surface area contributed by atoms with Crippen molar-refractivity contribution in [1.29, 1.82) is 0 Å². The van der Waals surface area contributed by atoms with Gasteiger partial charge in [0.25, 0.3) is 0 Å². The van der Waals surface area contributed by atoms with Crippen molar-refractivity contribution in [1.82, 2.24) is 10.3 Å². The van der Waals surface area contributed by atoms with E-state index in [0.29, 0.717) is 0 Å². The number of halogens is 1. The molecule has 0 saturated carbocycles. The summed E-state index contributed by atoms with van der Waals surface area (Å²) < 4.78 is 1.15. The van der Waals surface area contributed by atoms with E-state index in [2.05, 4.69) is 74.2 Å². The Kier molecular flexibility index (Phi) is 4.68. The van der Waals surface area contributed by atoms with Crippen LogP contribution in [-0.2, 0) is 0 Å². The number of hydrogen-bond acceptors (Lipinski definition) is 3. The van der Waals surface area contributed by atoms with Crippen LogP contribution in [0.2, 0.25) is 0 Å². The quantitative estimate of drug-likeness (QED) is 0.680. The van der Waals surface area contributed by atoms with E-state index < -0.39 is 0 Å². The van der Waals surface area contributed by atoms with Gasteiger partial charge in [-0.3, -0.25) is 4.98 Å². The fraction of sp³-hybridized carbons (Fsp3) is 0.235. The standard InChI is InChI=1S/C17H17BrN2S/c1-2-8-19-17(14-10-21-11-15(14)18)16-13-6-4-3-5-12(13)7-9-20-16/h3-7,9-11,17,19H,2,8H2,1H3. The molecule has 1 unspecified atom stereocenters. The summed E-state index contributed by atoms with van der Waals surface area (Å²) in [4.78, 5) is 4.68. The molecule has 3 rings (SSSR count). The minimum absolute atomic E-state index is 0.122. The highest BCUT2D eigenvalue weighted by atomic mass is 79.9. The molecule has 0 bridgehead atoms. The van der Waals surface area contributed by atoms with E-state index in [1.165, 1.54) is 16.3 Å². The highest BCUT2D eigenvalue weighted by molar-refractivity contribution is 9.10. The molecule has 3 aromatic rings. The summed E-state index contributed by atoms with van der Waals surface area (Å²) in [6.07, 6.45) is 3.00. The molecular formula is C17H17BrN2S. The van der Waals surface area contributed by atoms with Gasteiger partial charge in [0.1, 0.15) is 0 Å². The van der Waals surface area contributed by atoms with Gasteiger partial charge in [-0.2, -0.15) is 11.3 Å². The molecule has 21 heavy (non-hydrogen) atoms. The molecule has 0 aliphatic rings. The van der Waals surface area contributed by atoms with Crippen LogP contribution in [0.3, 0.4) is 0 Å². The Balaban J connectivity index is 2.12. The van der Waals surface area contributed by atoms with Crippen molar-refractivity contribution in [3.05, 3.63) is 63.0 Å². The molecule has 1 N–H and O–H groups in total. The third-order valence-electron chi connectivity index (χ3n) is 3.53. The number of aromatic nitrogens is 1. The molecule has 0 saturated heterocycles. The summed E-state index contributed by atoms with van der Waals surface area (Å²) in [7, 11) is 0. The maximum atomic E-state index is 4.68. The van der Waals surface area contributed by atoms with Gasteiger partial charge in [0.05, 0.1) is 11.7 Å². The normalized spacial score (nSPS) is 12.7. The van der Waals surface area contributed by atoms with Crippen molar-refractivity contribution in [3.8, 4) is 0 Å². The maximum absolute atomic E-state index is 4.68. The van der Waals surface area contributed by atoms with Crippen LogP contribution in [0.4, 0.5) is 0 Å². The number of rotatable bonds is 5. The summed E-state index contributed by atoms with van der Waals surface area (Å²) in [5, 5.41) is 10.4. The van der Waals surface area contributed by atoms with Crippen LogP contribution in [0.15, 0.2) is 51.8 Å². The Hall–Kier alpha value is -1.23. The lowest BCUT2D eigenvalue weighted by atomic mass is 10.0. The summed E-state index contributed by atoms with van der Waals surface area (Å²) in [6, 6.07) is 10.6. The number of pyridine rings is 1. The van der Waals surface area contributed by atoms with E-state index in [-0.39, 0.29) is 6.04 Å². The summed E-state index contributed by atoms with van der Waals surface area (Å²) in [6.45, 7) is 3.15. The van der Waals surface area contributed by atoms with Crippen molar-refractivity contribution >= 4 is 38.0 Å². The summed E-state index contributed by atoms with van der Waals surface area (Å²) in [5.41, 5.74) is 2.36. The van der Waals surface area contributed by atoms with Gasteiger partial charge in [0, 0.05) is 27.0 Å². The Bertz CT molecular complexity index is 733. The zero-order valence-corrected chi connectivity index (χ0v) is 14.2. The minimum atomic E-state index is 0.122. The fourth-order valence-corrected chi connectivity index (χ4v) is 4.06. The first-order chi connectivity index (χ1) is 10.3. The maximum Gasteiger partial charge on any atom is 0.0776 e. The van der Waals surface area contributed by atoms with E-state index >= 15 is 0 Å².